The monoisotopic (exact) mass is 405 g/mol. The molecule has 3 aromatic rings. The summed E-state index contributed by atoms with van der Waals surface area (Å²) >= 11 is 0. The van der Waals surface area contributed by atoms with E-state index in [1.807, 2.05) is 12.1 Å². The predicted molar refractivity (Wildman–Crippen MR) is 128 cm³/mol. The summed E-state index contributed by atoms with van der Waals surface area (Å²) < 4.78 is 0. The molecule has 0 amide bonds. The van der Waals surface area contributed by atoms with Crippen molar-refractivity contribution in [2.75, 3.05) is 37.6 Å². The minimum atomic E-state index is -0.385. The zero-order chi connectivity index (χ0) is 20.2. The van der Waals surface area contributed by atoms with Crippen LogP contribution in [0.2, 0.25) is 0 Å². The number of benzene rings is 2. The molecule has 1 fully saturated rings. The predicted octanol–water partition coefficient (Wildman–Crippen LogP) is 5.51. The second kappa shape index (κ2) is 10.1. The van der Waals surface area contributed by atoms with Crippen LogP contribution in [0, 0.1) is 0 Å². The number of aliphatic hydroxyl groups excluding tert-OH is 1. The Morgan fingerprint density at radius 1 is 0.967 bits per heavy atom. The Morgan fingerprint density at radius 3 is 2.33 bits per heavy atom. The van der Waals surface area contributed by atoms with Crippen LogP contribution in [0.3, 0.4) is 0 Å². The van der Waals surface area contributed by atoms with E-state index in [-0.39, 0.29) is 13.5 Å². The molecule has 1 aliphatic heterocycles. The summed E-state index contributed by atoms with van der Waals surface area (Å²) in [6.45, 7) is 9.62. The highest BCUT2D eigenvalue weighted by molar-refractivity contribution is 5.95. The Balaban J connectivity index is 0.00000256. The van der Waals surface area contributed by atoms with Gasteiger partial charge in [0, 0.05) is 37.1 Å². The quantitative estimate of drug-likeness (QED) is 0.587. The molecule has 4 heteroatoms. The lowest BCUT2D eigenvalue weighted by Crippen LogP contribution is -2.46. The Hall–Kier alpha value is -2.43. The van der Waals surface area contributed by atoms with Gasteiger partial charge in [-0.2, -0.15) is 0 Å². The first-order chi connectivity index (χ1) is 14.2. The average molecular weight is 406 g/mol. The molecule has 1 saturated heterocycles. The average Bonchev–Trinajstić information content (AvgIpc) is 2.78. The first-order valence-electron chi connectivity index (χ1n) is 10.8. The number of rotatable bonds is 6. The number of piperazine rings is 1. The molecule has 4 nitrogen and oxygen atoms in total. The molecule has 4 rings (SSSR count). The molecule has 0 spiro atoms. The molecule has 0 bridgehead atoms. The molecule has 2 heterocycles. The molecular formula is C26H35N3O. The lowest BCUT2D eigenvalue weighted by Gasteiger charge is -2.35. The minimum absolute atomic E-state index is 0. The molecule has 30 heavy (non-hydrogen) atoms. The van der Waals surface area contributed by atoms with Gasteiger partial charge in [0.1, 0.15) is 5.82 Å². The highest BCUT2D eigenvalue weighted by Gasteiger charge is 2.20. The van der Waals surface area contributed by atoms with Crippen LogP contribution in [-0.2, 0) is 0 Å². The van der Waals surface area contributed by atoms with Crippen LogP contribution < -0.4 is 4.90 Å². The molecule has 1 N–H and O–H groups in total. The minimum Gasteiger partial charge on any atom is -0.388 e. The normalized spacial score (nSPS) is 15.8. The van der Waals surface area contributed by atoms with Crippen LogP contribution in [0.4, 0.5) is 5.82 Å². The first-order valence-corrected chi connectivity index (χ1v) is 10.8. The third kappa shape index (κ3) is 4.66. The molecule has 0 radical (unpaired) electrons. The second-order valence-corrected chi connectivity index (χ2v) is 7.90. The maximum atomic E-state index is 10.3. The smallest absolute Gasteiger partial charge is 0.137 e. The van der Waals surface area contributed by atoms with Gasteiger partial charge in [0.25, 0.3) is 0 Å². The maximum absolute atomic E-state index is 10.3. The molecule has 160 valence electrons. The summed E-state index contributed by atoms with van der Waals surface area (Å²) in [5.74, 6) is 1.09. The molecule has 0 aliphatic carbocycles. The maximum Gasteiger partial charge on any atom is 0.137 e. The van der Waals surface area contributed by atoms with E-state index >= 15 is 0 Å². The molecule has 1 aromatic heterocycles. The van der Waals surface area contributed by atoms with Crippen LogP contribution in [-0.4, -0.2) is 47.7 Å². The number of aliphatic hydroxyl groups is 1. The Morgan fingerprint density at radius 2 is 1.67 bits per heavy atom. The molecule has 1 aliphatic rings. The standard InChI is InChI=1S/C25H31N3O.CH4/c1-3-7-24(29)20-12-10-19(11-13-20)23-18-21-8-5-6-9-22(21)25(26-23)28-16-14-27(4-2)15-17-28;/h5-6,8-13,18,24,29H,3-4,7,14-17H2,1-2H3;1H4. The summed E-state index contributed by atoms with van der Waals surface area (Å²) in [6.07, 6.45) is 1.38. The number of fused-ring (bicyclic) bond motifs is 1. The Bertz CT molecular complexity index is 946. The molecule has 1 unspecified atom stereocenters. The summed E-state index contributed by atoms with van der Waals surface area (Å²) in [7, 11) is 0. The van der Waals surface area contributed by atoms with Gasteiger partial charge in [0.05, 0.1) is 11.8 Å². The number of pyridine rings is 1. The summed E-state index contributed by atoms with van der Waals surface area (Å²) in [5.41, 5.74) is 3.07. The lowest BCUT2D eigenvalue weighted by atomic mass is 10.0. The van der Waals surface area contributed by atoms with Crippen molar-refractivity contribution >= 4 is 16.6 Å². The van der Waals surface area contributed by atoms with Crippen LogP contribution in [0.25, 0.3) is 22.0 Å². The van der Waals surface area contributed by atoms with Gasteiger partial charge in [-0.05, 0) is 30.0 Å². The Kier molecular flexibility index (Phi) is 7.46. The number of hydrogen-bond acceptors (Lipinski definition) is 4. The van der Waals surface area contributed by atoms with Crippen molar-refractivity contribution in [3.05, 3.63) is 60.2 Å². The van der Waals surface area contributed by atoms with Gasteiger partial charge < -0.3 is 14.9 Å². The largest absolute Gasteiger partial charge is 0.388 e. The number of nitrogens with zero attached hydrogens (tertiary/aromatic N) is 3. The van der Waals surface area contributed by atoms with E-state index in [2.05, 4.69) is 66.1 Å². The molecule has 1 atom stereocenters. The van der Waals surface area contributed by atoms with E-state index in [1.54, 1.807) is 0 Å². The van der Waals surface area contributed by atoms with Crippen LogP contribution >= 0.6 is 0 Å². The van der Waals surface area contributed by atoms with Gasteiger partial charge in [0.15, 0.2) is 0 Å². The van der Waals surface area contributed by atoms with E-state index in [0.717, 1.165) is 68.2 Å². The van der Waals surface area contributed by atoms with Gasteiger partial charge in [-0.1, -0.05) is 76.2 Å². The third-order valence-electron chi connectivity index (χ3n) is 5.99. The van der Waals surface area contributed by atoms with Gasteiger partial charge in [-0.25, -0.2) is 4.98 Å². The topological polar surface area (TPSA) is 39.6 Å². The molecule has 0 saturated carbocycles. The van der Waals surface area contributed by atoms with Crippen molar-refractivity contribution in [3.8, 4) is 11.3 Å². The zero-order valence-corrected chi connectivity index (χ0v) is 17.5. The highest BCUT2D eigenvalue weighted by Crippen LogP contribution is 2.31. The van der Waals surface area contributed by atoms with E-state index < -0.39 is 0 Å². The summed E-state index contributed by atoms with van der Waals surface area (Å²) in [6, 6.07) is 19.0. The van der Waals surface area contributed by atoms with Crippen LogP contribution in [0.15, 0.2) is 54.6 Å². The van der Waals surface area contributed by atoms with Crippen molar-refractivity contribution in [1.29, 1.82) is 0 Å². The van der Waals surface area contributed by atoms with Gasteiger partial charge in [-0.3, -0.25) is 0 Å². The zero-order valence-electron chi connectivity index (χ0n) is 17.5. The fourth-order valence-electron chi connectivity index (χ4n) is 4.16. The number of hydrogen-bond donors (Lipinski definition) is 1. The van der Waals surface area contributed by atoms with E-state index in [9.17, 15) is 5.11 Å². The van der Waals surface area contributed by atoms with Crippen molar-refractivity contribution < 1.29 is 5.11 Å². The fourth-order valence-corrected chi connectivity index (χ4v) is 4.16. The SMILES string of the molecule is C.CCCC(O)c1ccc(-c2cc3ccccc3c(N3CCN(CC)CC3)n2)cc1. The van der Waals surface area contributed by atoms with E-state index in [4.69, 9.17) is 4.98 Å². The van der Waals surface area contributed by atoms with E-state index in [1.165, 1.54) is 10.8 Å². The number of likely N-dealkylation sites (N-methyl/N-ethyl adjacent to an activating group) is 1. The third-order valence-corrected chi connectivity index (χ3v) is 5.99. The highest BCUT2D eigenvalue weighted by atomic mass is 16.3. The number of anilines is 1. The fraction of sp³-hybridized carbons (Fsp3) is 0.423. The number of aromatic nitrogens is 1. The Labute approximate surface area is 181 Å². The molecule has 2 aromatic carbocycles. The van der Waals surface area contributed by atoms with Crippen molar-refractivity contribution in [2.45, 2.75) is 40.2 Å². The summed E-state index contributed by atoms with van der Waals surface area (Å²) in [4.78, 5) is 10.0. The lowest BCUT2D eigenvalue weighted by molar-refractivity contribution is 0.166. The van der Waals surface area contributed by atoms with Gasteiger partial charge in [0.2, 0.25) is 0 Å². The molecular weight excluding hydrogens is 370 g/mol. The van der Waals surface area contributed by atoms with Crippen molar-refractivity contribution in [2.24, 2.45) is 0 Å². The first kappa shape index (κ1) is 22.3. The van der Waals surface area contributed by atoms with Crippen molar-refractivity contribution in [3.63, 3.8) is 0 Å². The second-order valence-electron chi connectivity index (χ2n) is 7.90. The van der Waals surface area contributed by atoms with E-state index in [0.29, 0.717) is 0 Å². The van der Waals surface area contributed by atoms with Crippen LogP contribution in [0.5, 0.6) is 0 Å². The van der Waals surface area contributed by atoms with Gasteiger partial charge in [-0.15, -0.1) is 0 Å². The summed E-state index contributed by atoms with van der Waals surface area (Å²) in [5, 5.41) is 12.7. The van der Waals surface area contributed by atoms with Crippen molar-refractivity contribution in [1.82, 2.24) is 9.88 Å². The van der Waals surface area contributed by atoms with Crippen LogP contribution in [0.1, 0.15) is 45.8 Å². The van der Waals surface area contributed by atoms with Gasteiger partial charge >= 0.3 is 0 Å².